The van der Waals surface area contributed by atoms with Gasteiger partial charge in [0.25, 0.3) is 5.56 Å². The Morgan fingerprint density at radius 2 is 2.04 bits per heavy atom. The largest absolute Gasteiger partial charge is 0.336 e. The topological polar surface area (TPSA) is 66.4 Å². The van der Waals surface area contributed by atoms with E-state index < -0.39 is 0 Å². The highest BCUT2D eigenvalue weighted by Crippen LogP contribution is 2.20. The van der Waals surface area contributed by atoms with E-state index in [1.807, 2.05) is 18.2 Å². The number of aromatic nitrogens is 1. The number of aryl methyl sites for hydroxylation is 1. The predicted molar refractivity (Wildman–Crippen MR) is 96.5 cm³/mol. The molecule has 2 heterocycles. The maximum Gasteiger partial charge on any atom is 0.319 e. The van der Waals surface area contributed by atoms with Crippen molar-refractivity contribution in [3.05, 3.63) is 40.8 Å². The van der Waals surface area contributed by atoms with Crippen LogP contribution in [0.1, 0.15) is 19.8 Å². The molecule has 128 valence electrons. The number of carbonyl (C=O) groups excluding carboxylic acids is 1. The van der Waals surface area contributed by atoms with E-state index in [2.05, 4.69) is 22.5 Å². The van der Waals surface area contributed by atoms with Gasteiger partial charge in [-0.3, -0.25) is 9.69 Å². The van der Waals surface area contributed by atoms with Gasteiger partial charge in [-0.25, -0.2) is 4.79 Å². The number of likely N-dealkylation sites (tertiary alicyclic amines) is 1. The van der Waals surface area contributed by atoms with Gasteiger partial charge >= 0.3 is 6.03 Å². The Balaban J connectivity index is 1.72. The number of hydrogen-bond donors (Lipinski definition) is 2. The van der Waals surface area contributed by atoms with Crippen LogP contribution in [0.3, 0.4) is 0 Å². The number of nitrogens with zero attached hydrogens (tertiary/aromatic N) is 2. The monoisotopic (exact) mass is 328 g/mol. The van der Waals surface area contributed by atoms with Gasteiger partial charge in [0.05, 0.1) is 5.69 Å². The molecule has 1 aromatic heterocycles. The molecule has 0 radical (unpaired) electrons. The van der Waals surface area contributed by atoms with Crippen molar-refractivity contribution >= 4 is 22.5 Å². The summed E-state index contributed by atoms with van der Waals surface area (Å²) in [5.74, 6) is 0. The van der Waals surface area contributed by atoms with Crippen LogP contribution in [0.4, 0.5) is 10.5 Å². The van der Waals surface area contributed by atoms with E-state index in [1.54, 1.807) is 19.3 Å². The molecular weight excluding hydrogens is 304 g/mol. The molecule has 2 aromatic rings. The zero-order chi connectivity index (χ0) is 17.1. The number of nitrogens with one attached hydrogen (secondary N) is 2. The molecule has 6 heteroatoms. The smallest absolute Gasteiger partial charge is 0.319 e. The number of benzene rings is 1. The summed E-state index contributed by atoms with van der Waals surface area (Å²) in [6.45, 7) is 4.91. The lowest BCUT2D eigenvalue weighted by Crippen LogP contribution is -2.41. The van der Waals surface area contributed by atoms with Crippen molar-refractivity contribution in [1.29, 1.82) is 0 Å². The maximum absolute atomic E-state index is 12.3. The van der Waals surface area contributed by atoms with Gasteiger partial charge in [0, 0.05) is 36.6 Å². The van der Waals surface area contributed by atoms with Crippen molar-refractivity contribution < 1.29 is 4.79 Å². The van der Waals surface area contributed by atoms with E-state index in [0.29, 0.717) is 23.7 Å². The van der Waals surface area contributed by atoms with E-state index in [-0.39, 0.29) is 11.6 Å². The standard InChI is InChI=1S/C18H24N4O2/c1-3-22-10-6-7-13(22)11-19-18(24)20-16-12-21(2)17(23)15-9-5-4-8-14(15)16/h4-5,8-9,12-13H,3,6-7,10-11H2,1-2H3,(H2,19,20,24). The van der Waals surface area contributed by atoms with Crippen LogP contribution in [0.25, 0.3) is 10.8 Å². The Morgan fingerprint density at radius 1 is 1.29 bits per heavy atom. The second kappa shape index (κ2) is 7.05. The fraction of sp³-hybridized carbons (Fsp3) is 0.444. The molecule has 1 aliphatic rings. The average molecular weight is 328 g/mol. The van der Waals surface area contributed by atoms with Crippen molar-refractivity contribution in [2.75, 3.05) is 25.0 Å². The number of hydrogen-bond acceptors (Lipinski definition) is 3. The molecule has 24 heavy (non-hydrogen) atoms. The molecule has 1 fully saturated rings. The first kappa shape index (κ1) is 16.5. The molecule has 1 saturated heterocycles. The second-order valence-electron chi connectivity index (χ2n) is 6.26. The lowest BCUT2D eigenvalue weighted by molar-refractivity contribution is 0.238. The van der Waals surface area contributed by atoms with Gasteiger partial charge in [0.1, 0.15) is 0 Å². The maximum atomic E-state index is 12.3. The van der Waals surface area contributed by atoms with Crippen molar-refractivity contribution in [2.24, 2.45) is 7.05 Å². The summed E-state index contributed by atoms with van der Waals surface area (Å²) < 4.78 is 1.49. The molecular formula is C18H24N4O2. The van der Waals surface area contributed by atoms with Crippen LogP contribution in [-0.4, -0.2) is 41.2 Å². The van der Waals surface area contributed by atoms with Gasteiger partial charge in [-0.1, -0.05) is 25.1 Å². The molecule has 2 N–H and O–H groups in total. The number of rotatable bonds is 4. The van der Waals surface area contributed by atoms with Gasteiger partial charge in [0.2, 0.25) is 0 Å². The number of carbonyl (C=O) groups is 1. The van der Waals surface area contributed by atoms with Crippen molar-refractivity contribution in [3.63, 3.8) is 0 Å². The number of likely N-dealkylation sites (N-methyl/N-ethyl adjacent to an activating group) is 1. The molecule has 6 nitrogen and oxygen atoms in total. The normalized spacial score (nSPS) is 18.0. The summed E-state index contributed by atoms with van der Waals surface area (Å²) in [7, 11) is 1.69. The molecule has 0 bridgehead atoms. The molecule has 1 aliphatic heterocycles. The number of amides is 2. The lowest BCUT2D eigenvalue weighted by atomic mass is 10.1. The first-order valence-electron chi connectivity index (χ1n) is 8.47. The van der Waals surface area contributed by atoms with Crippen LogP contribution in [0.5, 0.6) is 0 Å². The van der Waals surface area contributed by atoms with Gasteiger partial charge in [-0.05, 0) is 32.0 Å². The Hall–Kier alpha value is -2.34. The summed E-state index contributed by atoms with van der Waals surface area (Å²) in [6.07, 6.45) is 3.97. The summed E-state index contributed by atoms with van der Waals surface area (Å²) in [5.41, 5.74) is 0.574. The average Bonchev–Trinajstić information content (AvgIpc) is 3.05. The number of fused-ring (bicyclic) bond motifs is 1. The predicted octanol–water partition coefficient (Wildman–Crippen LogP) is 2.14. The van der Waals surface area contributed by atoms with E-state index in [4.69, 9.17) is 0 Å². The fourth-order valence-corrected chi connectivity index (χ4v) is 3.44. The molecule has 0 aliphatic carbocycles. The minimum atomic E-state index is -0.234. The third-order valence-electron chi connectivity index (χ3n) is 4.74. The van der Waals surface area contributed by atoms with Crippen LogP contribution in [0.15, 0.2) is 35.3 Å². The number of anilines is 1. The SMILES string of the molecule is CCN1CCCC1CNC(=O)Nc1cn(C)c(=O)c2ccccc12. The van der Waals surface area contributed by atoms with Crippen molar-refractivity contribution in [3.8, 4) is 0 Å². The molecule has 0 saturated carbocycles. The number of pyridine rings is 1. The third kappa shape index (κ3) is 3.28. The zero-order valence-corrected chi connectivity index (χ0v) is 14.2. The van der Waals surface area contributed by atoms with Crippen LogP contribution >= 0.6 is 0 Å². The van der Waals surface area contributed by atoms with Crippen LogP contribution < -0.4 is 16.2 Å². The summed E-state index contributed by atoms with van der Waals surface area (Å²) >= 11 is 0. The second-order valence-corrected chi connectivity index (χ2v) is 6.26. The van der Waals surface area contributed by atoms with E-state index in [9.17, 15) is 9.59 Å². The third-order valence-corrected chi connectivity index (χ3v) is 4.74. The van der Waals surface area contributed by atoms with Gasteiger partial charge in [-0.15, -0.1) is 0 Å². The minimum Gasteiger partial charge on any atom is -0.336 e. The Morgan fingerprint density at radius 3 is 2.79 bits per heavy atom. The highest BCUT2D eigenvalue weighted by Gasteiger charge is 2.23. The van der Waals surface area contributed by atoms with Gasteiger partial charge < -0.3 is 15.2 Å². The molecule has 3 rings (SSSR count). The van der Waals surface area contributed by atoms with E-state index >= 15 is 0 Å². The Kier molecular flexibility index (Phi) is 4.85. The number of urea groups is 1. The molecule has 1 atom stereocenters. The lowest BCUT2D eigenvalue weighted by Gasteiger charge is -2.23. The van der Waals surface area contributed by atoms with E-state index in [0.717, 1.165) is 24.9 Å². The minimum absolute atomic E-state index is 0.0684. The van der Waals surface area contributed by atoms with Crippen molar-refractivity contribution in [2.45, 2.75) is 25.8 Å². The van der Waals surface area contributed by atoms with Crippen LogP contribution in [0.2, 0.25) is 0 Å². The summed E-state index contributed by atoms with van der Waals surface area (Å²) in [4.78, 5) is 26.8. The highest BCUT2D eigenvalue weighted by atomic mass is 16.2. The van der Waals surface area contributed by atoms with Crippen LogP contribution in [0, 0.1) is 0 Å². The first-order chi connectivity index (χ1) is 11.6. The molecule has 1 unspecified atom stereocenters. The van der Waals surface area contributed by atoms with Gasteiger partial charge in [-0.2, -0.15) is 0 Å². The molecule has 2 amide bonds. The van der Waals surface area contributed by atoms with Crippen molar-refractivity contribution in [1.82, 2.24) is 14.8 Å². The molecule has 1 aromatic carbocycles. The van der Waals surface area contributed by atoms with Crippen LogP contribution in [-0.2, 0) is 7.05 Å². The van der Waals surface area contributed by atoms with E-state index in [1.165, 1.54) is 11.0 Å². The quantitative estimate of drug-likeness (QED) is 0.904. The van der Waals surface area contributed by atoms with Gasteiger partial charge in [0.15, 0.2) is 0 Å². The molecule has 0 spiro atoms. The highest BCUT2D eigenvalue weighted by molar-refractivity contribution is 6.00. The first-order valence-corrected chi connectivity index (χ1v) is 8.47. The summed E-state index contributed by atoms with van der Waals surface area (Å²) in [5, 5.41) is 7.20. The zero-order valence-electron chi connectivity index (χ0n) is 14.2. The summed E-state index contributed by atoms with van der Waals surface area (Å²) in [6, 6.07) is 7.50. The Labute approximate surface area is 141 Å². The fourth-order valence-electron chi connectivity index (χ4n) is 3.44. The Bertz CT molecular complexity index is 799.